The number of amides is 1. The number of carbonyl (C=O) groups excluding carboxylic acids is 1. The van der Waals surface area contributed by atoms with Crippen molar-refractivity contribution in [1.29, 1.82) is 0 Å². The van der Waals surface area contributed by atoms with Gasteiger partial charge in [-0.05, 0) is 26.8 Å². The first-order chi connectivity index (χ1) is 16.7. The van der Waals surface area contributed by atoms with Crippen LogP contribution in [0, 0.1) is 6.92 Å². The molecule has 9 nitrogen and oxygen atoms in total. The highest BCUT2D eigenvalue weighted by molar-refractivity contribution is 7.89. The number of halogens is 5. The molecule has 1 aromatic carbocycles. The Morgan fingerprint density at radius 1 is 1.19 bits per heavy atom. The van der Waals surface area contributed by atoms with Crippen LogP contribution in [0.3, 0.4) is 0 Å². The molecule has 0 radical (unpaired) electrons. The number of hydrogen-bond donors (Lipinski definition) is 1. The summed E-state index contributed by atoms with van der Waals surface area (Å²) in [4.78, 5) is 18.7. The maximum absolute atomic E-state index is 13.2. The molecule has 0 fully saturated rings. The molecule has 1 atom stereocenters. The second kappa shape index (κ2) is 10.6. The summed E-state index contributed by atoms with van der Waals surface area (Å²) in [5.41, 5.74) is 0.145. The highest BCUT2D eigenvalue weighted by Gasteiger charge is 2.39. The van der Waals surface area contributed by atoms with Gasteiger partial charge in [0.05, 0.1) is 14.9 Å². The van der Waals surface area contributed by atoms with E-state index in [1.54, 1.807) is 20.8 Å². The second-order valence-corrected chi connectivity index (χ2v) is 10.9. The fraction of sp³-hybridized carbons (Fsp3) is 0.400. The first kappa shape index (κ1) is 28.3. The highest BCUT2D eigenvalue weighted by atomic mass is 35.5. The molecule has 2 heterocycles. The first-order valence-electron chi connectivity index (χ1n) is 10.4. The number of rotatable bonds is 8. The zero-order chi connectivity index (χ0) is 27.0. The molecule has 2 aromatic heterocycles. The quantitative estimate of drug-likeness (QED) is 0.386. The third-order valence-corrected chi connectivity index (χ3v) is 8.65. The molecule has 0 saturated heterocycles. The van der Waals surface area contributed by atoms with E-state index < -0.39 is 38.1 Å². The van der Waals surface area contributed by atoms with Gasteiger partial charge in [-0.25, -0.2) is 13.4 Å². The molecular formula is C20H20Cl2F3N5O4S2. The van der Waals surface area contributed by atoms with Gasteiger partial charge in [0.1, 0.15) is 16.6 Å². The van der Waals surface area contributed by atoms with Gasteiger partial charge in [0.2, 0.25) is 15.9 Å². The van der Waals surface area contributed by atoms with Crippen molar-refractivity contribution in [3.05, 3.63) is 33.8 Å². The number of sulfonamides is 1. The molecule has 16 heteroatoms. The van der Waals surface area contributed by atoms with Crippen LogP contribution in [-0.2, 0) is 10.0 Å². The SMILES string of the molecule is CCN(CC)C(=O)c1nc(-c2nnc(C)o2)sc1-c1ccc(S(=O)(=O)N[C@@H](C)C(F)(F)F)c(Cl)c1Cl. The van der Waals surface area contributed by atoms with Crippen molar-refractivity contribution in [2.24, 2.45) is 0 Å². The Kier molecular flexibility index (Phi) is 8.35. The average molecular weight is 586 g/mol. The lowest BCUT2D eigenvalue weighted by Crippen LogP contribution is -2.43. The number of hydrogen-bond acceptors (Lipinski definition) is 8. The lowest BCUT2D eigenvalue weighted by Gasteiger charge is -2.19. The van der Waals surface area contributed by atoms with Crippen LogP contribution < -0.4 is 4.72 Å². The van der Waals surface area contributed by atoms with Gasteiger partial charge in [0.15, 0.2) is 5.01 Å². The molecule has 0 saturated carbocycles. The van der Waals surface area contributed by atoms with Crippen LogP contribution in [0.25, 0.3) is 21.3 Å². The molecule has 0 aliphatic carbocycles. The molecule has 1 amide bonds. The van der Waals surface area contributed by atoms with Gasteiger partial charge in [-0.1, -0.05) is 29.3 Å². The summed E-state index contributed by atoms with van der Waals surface area (Å²) in [6.07, 6.45) is -4.81. The Morgan fingerprint density at radius 3 is 2.36 bits per heavy atom. The Bertz CT molecular complexity index is 1390. The number of alkyl halides is 3. The van der Waals surface area contributed by atoms with Crippen LogP contribution >= 0.6 is 34.5 Å². The molecular weight excluding hydrogens is 566 g/mol. The second-order valence-electron chi connectivity index (χ2n) is 7.42. The lowest BCUT2D eigenvalue weighted by atomic mass is 10.1. The zero-order valence-corrected chi connectivity index (χ0v) is 22.4. The molecule has 3 rings (SSSR count). The normalized spacial score (nSPS) is 13.1. The number of aryl methyl sites for hydroxylation is 1. The number of aromatic nitrogens is 3. The summed E-state index contributed by atoms with van der Waals surface area (Å²) in [5.74, 6) is -0.100. The molecule has 1 N–H and O–H groups in total. The van der Waals surface area contributed by atoms with Crippen LogP contribution in [0.2, 0.25) is 10.0 Å². The summed E-state index contributed by atoms with van der Waals surface area (Å²) >= 11 is 13.6. The Balaban J connectivity index is 2.15. The van der Waals surface area contributed by atoms with E-state index in [1.807, 2.05) is 0 Å². The van der Waals surface area contributed by atoms with E-state index in [0.717, 1.165) is 17.4 Å². The largest absolute Gasteiger partial charge is 0.419 e. The van der Waals surface area contributed by atoms with Crippen molar-refractivity contribution in [3.63, 3.8) is 0 Å². The molecule has 0 unspecified atom stereocenters. The first-order valence-corrected chi connectivity index (χ1v) is 13.4. The Hall–Kier alpha value is -2.26. The maximum Gasteiger partial charge on any atom is 0.404 e. The zero-order valence-electron chi connectivity index (χ0n) is 19.3. The van der Waals surface area contributed by atoms with E-state index in [4.69, 9.17) is 27.6 Å². The van der Waals surface area contributed by atoms with E-state index in [-0.39, 0.29) is 37.9 Å². The van der Waals surface area contributed by atoms with Gasteiger partial charge >= 0.3 is 6.18 Å². The molecule has 0 aliphatic heterocycles. The van der Waals surface area contributed by atoms with E-state index in [9.17, 15) is 26.4 Å². The minimum Gasteiger partial charge on any atom is -0.419 e. The predicted molar refractivity (Wildman–Crippen MR) is 129 cm³/mol. The van der Waals surface area contributed by atoms with Crippen LogP contribution in [0.4, 0.5) is 13.2 Å². The van der Waals surface area contributed by atoms with Gasteiger partial charge in [-0.15, -0.1) is 21.5 Å². The smallest absolute Gasteiger partial charge is 0.404 e. The lowest BCUT2D eigenvalue weighted by molar-refractivity contribution is -0.147. The number of carbonyl (C=O) groups is 1. The van der Waals surface area contributed by atoms with Gasteiger partial charge in [-0.2, -0.15) is 17.9 Å². The third kappa shape index (κ3) is 5.67. The van der Waals surface area contributed by atoms with Crippen molar-refractivity contribution in [1.82, 2.24) is 24.8 Å². The number of nitrogens with one attached hydrogen (secondary N) is 1. The number of nitrogens with zero attached hydrogens (tertiary/aromatic N) is 4. The molecule has 3 aromatic rings. The van der Waals surface area contributed by atoms with Crippen molar-refractivity contribution in [2.75, 3.05) is 13.1 Å². The van der Waals surface area contributed by atoms with E-state index in [2.05, 4.69) is 15.2 Å². The van der Waals surface area contributed by atoms with Crippen molar-refractivity contribution in [3.8, 4) is 21.3 Å². The van der Waals surface area contributed by atoms with Gasteiger partial charge < -0.3 is 9.32 Å². The van der Waals surface area contributed by atoms with Gasteiger partial charge in [0.25, 0.3) is 11.8 Å². The topological polar surface area (TPSA) is 118 Å². The Labute approximate surface area is 218 Å². The van der Waals surface area contributed by atoms with Crippen LogP contribution in [0.15, 0.2) is 21.4 Å². The Morgan fingerprint density at radius 2 is 1.83 bits per heavy atom. The minimum atomic E-state index is -4.81. The third-order valence-electron chi connectivity index (χ3n) is 4.99. The summed E-state index contributed by atoms with van der Waals surface area (Å²) in [7, 11) is -4.68. The van der Waals surface area contributed by atoms with Crippen LogP contribution in [-0.4, -0.2) is 59.7 Å². The van der Waals surface area contributed by atoms with E-state index in [1.165, 1.54) is 15.7 Å². The summed E-state index contributed by atoms with van der Waals surface area (Å²) in [6.45, 7) is 6.58. The fourth-order valence-corrected chi connectivity index (χ4v) is 6.22. The summed E-state index contributed by atoms with van der Waals surface area (Å²) < 4.78 is 70.8. The van der Waals surface area contributed by atoms with Gasteiger partial charge in [0, 0.05) is 25.6 Å². The molecule has 196 valence electrons. The highest BCUT2D eigenvalue weighted by Crippen LogP contribution is 2.43. The van der Waals surface area contributed by atoms with Crippen molar-refractivity contribution < 1.29 is 30.8 Å². The minimum absolute atomic E-state index is 0.00746. The monoisotopic (exact) mass is 585 g/mol. The van der Waals surface area contributed by atoms with Gasteiger partial charge in [-0.3, -0.25) is 4.79 Å². The van der Waals surface area contributed by atoms with E-state index in [0.29, 0.717) is 20.0 Å². The predicted octanol–water partition coefficient (Wildman–Crippen LogP) is 5.19. The fourth-order valence-electron chi connectivity index (χ4n) is 3.06. The summed E-state index contributed by atoms with van der Waals surface area (Å²) in [5, 5.41) is 7.08. The molecule has 0 bridgehead atoms. The van der Waals surface area contributed by atoms with Crippen LogP contribution in [0.5, 0.6) is 0 Å². The van der Waals surface area contributed by atoms with Crippen molar-refractivity contribution >= 4 is 50.5 Å². The average Bonchev–Trinajstić information content (AvgIpc) is 3.41. The standard InChI is InChI=1S/C20H20Cl2F3N5O4S2/c1-5-30(6-2)19(31)15-16(35-18(26-15)17-28-27-10(4)34-17)11-7-8-12(14(22)13(11)21)36(32,33)29-9(3)20(23,24)25/h7-9,29H,5-6H2,1-4H3/t9-/m0/s1. The number of benzene rings is 1. The van der Waals surface area contributed by atoms with E-state index >= 15 is 0 Å². The van der Waals surface area contributed by atoms with Crippen LogP contribution in [0.1, 0.15) is 37.2 Å². The molecule has 0 aliphatic rings. The number of thiazole rings is 1. The van der Waals surface area contributed by atoms with Crippen molar-refractivity contribution in [2.45, 2.75) is 44.8 Å². The molecule has 36 heavy (non-hydrogen) atoms. The molecule has 0 spiro atoms. The summed E-state index contributed by atoms with van der Waals surface area (Å²) in [6, 6.07) is -0.106. The maximum atomic E-state index is 13.2.